The first-order valence-corrected chi connectivity index (χ1v) is 8.62. The normalized spacial score (nSPS) is 15.5. The molecule has 0 radical (unpaired) electrons. The number of carbonyl (C=O) groups is 1. The lowest BCUT2D eigenvalue weighted by Gasteiger charge is -2.12. The van der Waals surface area contributed by atoms with Crippen LogP contribution in [-0.4, -0.2) is 15.9 Å². The Morgan fingerprint density at radius 1 is 1.04 bits per heavy atom. The van der Waals surface area contributed by atoms with Gasteiger partial charge in [-0.25, -0.2) is 4.98 Å². The van der Waals surface area contributed by atoms with E-state index < -0.39 is 0 Å². The Hall–Kier alpha value is -2.72. The third kappa shape index (κ3) is 2.76. The van der Waals surface area contributed by atoms with Gasteiger partial charge in [-0.3, -0.25) is 4.79 Å². The molecule has 1 N–H and O–H groups in total. The van der Waals surface area contributed by atoms with Gasteiger partial charge in [-0.1, -0.05) is 42.5 Å². The molecule has 1 heterocycles. The molecule has 3 nitrogen and oxygen atoms in total. The number of phenolic OH excluding ortho intramolecular Hbond substituents is 1. The number of carbonyl (C=O) groups excluding carboxylic acids is 1. The highest BCUT2D eigenvalue weighted by molar-refractivity contribution is 7.17. The summed E-state index contributed by atoms with van der Waals surface area (Å²) in [6.07, 6.45) is 3.32. The Balaban J connectivity index is 1.69. The van der Waals surface area contributed by atoms with E-state index in [1.54, 1.807) is 18.2 Å². The topological polar surface area (TPSA) is 50.2 Å². The Morgan fingerprint density at radius 3 is 2.67 bits per heavy atom. The zero-order valence-electron chi connectivity index (χ0n) is 12.9. The van der Waals surface area contributed by atoms with Gasteiger partial charge in [-0.15, -0.1) is 11.3 Å². The minimum absolute atomic E-state index is 0.0549. The molecule has 0 fully saturated rings. The van der Waals surface area contributed by atoms with Crippen LogP contribution in [0.15, 0.2) is 60.2 Å². The maximum absolute atomic E-state index is 12.8. The highest BCUT2D eigenvalue weighted by atomic mass is 32.1. The van der Waals surface area contributed by atoms with Crippen molar-refractivity contribution in [1.82, 2.24) is 4.98 Å². The van der Waals surface area contributed by atoms with Crippen molar-refractivity contribution in [3.8, 4) is 16.3 Å². The van der Waals surface area contributed by atoms with E-state index in [1.165, 1.54) is 11.3 Å². The number of allylic oxidation sites excluding steroid dienone is 1. The number of fused-ring (bicyclic) bond motifs is 1. The van der Waals surface area contributed by atoms with Crippen LogP contribution in [0.4, 0.5) is 0 Å². The summed E-state index contributed by atoms with van der Waals surface area (Å²) in [4.78, 5) is 18.2. The van der Waals surface area contributed by atoms with E-state index in [-0.39, 0.29) is 11.5 Å². The number of hydrogen-bond donors (Lipinski definition) is 1. The van der Waals surface area contributed by atoms with Crippen molar-refractivity contribution in [2.24, 2.45) is 0 Å². The first-order valence-electron chi connectivity index (χ1n) is 7.80. The number of aromatic hydroxyl groups is 1. The Kier molecular flexibility index (Phi) is 3.75. The van der Waals surface area contributed by atoms with E-state index in [2.05, 4.69) is 4.98 Å². The van der Waals surface area contributed by atoms with Crippen molar-refractivity contribution >= 4 is 23.2 Å². The molecule has 1 aromatic heterocycles. The number of aryl methyl sites for hydroxylation is 1. The molecule has 0 saturated heterocycles. The standard InChI is InChI=1S/C20H15NO2S/c22-16-8-4-5-13(12-16)11-15-9-10-17-19(18(15)23)24-20(21-17)14-6-2-1-3-7-14/h1-8,11-12,22H,9-10H2/b15-11+. The monoisotopic (exact) mass is 333 g/mol. The van der Waals surface area contributed by atoms with Crippen LogP contribution >= 0.6 is 11.3 Å². The molecular formula is C20H15NO2S. The lowest BCUT2D eigenvalue weighted by atomic mass is 9.94. The van der Waals surface area contributed by atoms with Crippen molar-refractivity contribution in [3.63, 3.8) is 0 Å². The molecule has 118 valence electrons. The van der Waals surface area contributed by atoms with Crippen LogP contribution in [0.25, 0.3) is 16.6 Å². The average molecular weight is 333 g/mol. The van der Waals surface area contributed by atoms with Gasteiger partial charge in [-0.05, 0) is 36.6 Å². The van der Waals surface area contributed by atoms with Gasteiger partial charge in [0.05, 0.1) is 10.6 Å². The molecule has 24 heavy (non-hydrogen) atoms. The summed E-state index contributed by atoms with van der Waals surface area (Å²) in [6, 6.07) is 16.9. The van der Waals surface area contributed by atoms with E-state index in [9.17, 15) is 9.90 Å². The fourth-order valence-electron chi connectivity index (χ4n) is 2.87. The van der Waals surface area contributed by atoms with Crippen molar-refractivity contribution in [3.05, 3.63) is 76.3 Å². The Labute approximate surface area is 143 Å². The zero-order chi connectivity index (χ0) is 16.5. The lowest BCUT2D eigenvalue weighted by Crippen LogP contribution is -2.11. The van der Waals surface area contributed by atoms with E-state index in [1.807, 2.05) is 42.5 Å². The molecule has 4 rings (SSSR count). The van der Waals surface area contributed by atoms with Crippen molar-refractivity contribution < 1.29 is 9.90 Å². The molecular weight excluding hydrogens is 318 g/mol. The number of rotatable bonds is 2. The smallest absolute Gasteiger partial charge is 0.200 e. The number of benzene rings is 2. The van der Waals surface area contributed by atoms with Crippen LogP contribution in [0.3, 0.4) is 0 Å². The first-order chi connectivity index (χ1) is 11.7. The van der Waals surface area contributed by atoms with E-state index in [4.69, 9.17) is 0 Å². The van der Waals surface area contributed by atoms with Crippen LogP contribution in [0.2, 0.25) is 0 Å². The first kappa shape index (κ1) is 14.8. The maximum atomic E-state index is 12.8. The molecule has 1 aliphatic carbocycles. The predicted molar refractivity (Wildman–Crippen MR) is 96.3 cm³/mol. The summed E-state index contributed by atoms with van der Waals surface area (Å²) < 4.78 is 0. The highest BCUT2D eigenvalue weighted by Crippen LogP contribution is 2.35. The molecule has 0 spiro atoms. The van der Waals surface area contributed by atoms with Crippen molar-refractivity contribution in [1.29, 1.82) is 0 Å². The minimum atomic E-state index is 0.0549. The summed E-state index contributed by atoms with van der Waals surface area (Å²) in [7, 11) is 0. The number of aromatic nitrogens is 1. The van der Waals surface area contributed by atoms with Crippen LogP contribution < -0.4 is 0 Å². The summed E-state index contributed by atoms with van der Waals surface area (Å²) in [5, 5.41) is 10.5. The second kappa shape index (κ2) is 6.06. The molecule has 4 heteroatoms. The van der Waals surface area contributed by atoms with Gasteiger partial charge < -0.3 is 5.11 Å². The predicted octanol–water partition coefficient (Wildman–Crippen LogP) is 4.73. The lowest BCUT2D eigenvalue weighted by molar-refractivity contribution is 0.103. The van der Waals surface area contributed by atoms with Gasteiger partial charge in [0.1, 0.15) is 10.8 Å². The Bertz CT molecular complexity index is 941. The van der Waals surface area contributed by atoms with Gasteiger partial charge in [0.25, 0.3) is 0 Å². The molecule has 0 amide bonds. The molecule has 1 aliphatic rings. The van der Waals surface area contributed by atoms with Gasteiger partial charge in [0.2, 0.25) is 5.78 Å². The molecule has 0 atom stereocenters. The fourth-order valence-corrected chi connectivity index (χ4v) is 3.96. The van der Waals surface area contributed by atoms with Crippen LogP contribution in [0.1, 0.15) is 27.3 Å². The molecule has 0 bridgehead atoms. The van der Waals surface area contributed by atoms with Crippen LogP contribution in [-0.2, 0) is 6.42 Å². The number of ketones is 1. The molecule has 2 aromatic carbocycles. The second-order valence-electron chi connectivity index (χ2n) is 5.75. The molecule has 0 saturated carbocycles. The summed E-state index contributed by atoms with van der Waals surface area (Å²) >= 11 is 1.46. The molecule has 3 aromatic rings. The number of phenols is 1. The largest absolute Gasteiger partial charge is 0.508 e. The summed E-state index contributed by atoms with van der Waals surface area (Å²) in [5.74, 6) is 0.261. The number of thiazole rings is 1. The van der Waals surface area contributed by atoms with Gasteiger partial charge in [0.15, 0.2) is 0 Å². The van der Waals surface area contributed by atoms with E-state index in [0.717, 1.165) is 38.7 Å². The van der Waals surface area contributed by atoms with E-state index in [0.29, 0.717) is 6.42 Å². The average Bonchev–Trinajstić information content (AvgIpc) is 3.03. The SMILES string of the molecule is O=C1/C(=C/c2cccc(O)c2)CCc2nc(-c3ccccc3)sc21. The highest BCUT2D eigenvalue weighted by Gasteiger charge is 2.26. The maximum Gasteiger partial charge on any atom is 0.200 e. The van der Waals surface area contributed by atoms with Gasteiger partial charge in [0, 0.05) is 11.1 Å². The molecule has 0 aliphatic heterocycles. The number of Topliss-reactive ketones (excluding diaryl/α,β-unsaturated/α-hetero) is 1. The van der Waals surface area contributed by atoms with Gasteiger partial charge >= 0.3 is 0 Å². The van der Waals surface area contributed by atoms with Crippen LogP contribution in [0, 0.1) is 0 Å². The minimum Gasteiger partial charge on any atom is -0.508 e. The fraction of sp³-hybridized carbons (Fsp3) is 0.100. The van der Waals surface area contributed by atoms with E-state index >= 15 is 0 Å². The van der Waals surface area contributed by atoms with Crippen molar-refractivity contribution in [2.75, 3.05) is 0 Å². The quantitative estimate of drug-likeness (QED) is 0.690. The van der Waals surface area contributed by atoms with Gasteiger partial charge in [-0.2, -0.15) is 0 Å². The van der Waals surface area contributed by atoms with Crippen molar-refractivity contribution in [2.45, 2.75) is 12.8 Å². The zero-order valence-corrected chi connectivity index (χ0v) is 13.7. The number of hydrogen-bond acceptors (Lipinski definition) is 4. The Morgan fingerprint density at radius 2 is 1.88 bits per heavy atom. The number of nitrogens with zero attached hydrogens (tertiary/aromatic N) is 1. The second-order valence-corrected chi connectivity index (χ2v) is 6.75. The van der Waals surface area contributed by atoms with Crippen LogP contribution in [0.5, 0.6) is 5.75 Å². The molecule has 0 unspecified atom stereocenters. The third-order valence-corrected chi connectivity index (χ3v) is 5.20. The summed E-state index contributed by atoms with van der Waals surface area (Å²) in [5.41, 5.74) is 3.56. The third-order valence-electron chi connectivity index (χ3n) is 4.06. The summed E-state index contributed by atoms with van der Waals surface area (Å²) in [6.45, 7) is 0.